The lowest BCUT2D eigenvalue weighted by atomic mass is 10.0. The minimum atomic E-state index is -0.508. The number of nitrogens with zero attached hydrogens (tertiary/aromatic N) is 1. The van der Waals surface area contributed by atoms with Crippen molar-refractivity contribution in [2.24, 2.45) is 0 Å². The summed E-state index contributed by atoms with van der Waals surface area (Å²) in [4.78, 5) is 27.7. The van der Waals surface area contributed by atoms with Crippen LogP contribution in [-0.2, 0) is 16.0 Å². The Morgan fingerprint density at radius 2 is 1.68 bits per heavy atom. The molecule has 2 aromatic carbocycles. The Balaban J connectivity index is 2.15. The molecule has 0 saturated heterocycles. The Hall–Kier alpha value is -2.82. The van der Waals surface area contributed by atoms with Crippen LogP contribution < -0.4 is 10.1 Å². The zero-order valence-electron chi connectivity index (χ0n) is 19.3. The molecule has 0 aliphatic rings. The fraction of sp³-hybridized carbons (Fsp3) is 0.462. The summed E-state index contributed by atoms with van der Waals surface area (Å²) in [7, 11) is 0. The second-order valence-corrected chi connectivity index (χ2v) is 8.02. The Labute approximate surface area is 186 Å². The highest BCUT2D eigenvalue weighted by molar-refractivity contribution is 5.88. The van der Waals surface area contributed by atoms with E-state index >= 15 is 0 Å². The zero-order valence-corrected chi connectivity index (χ0v) is 19.3. The third-order valence-electron chi connectivity index (χ3n) is 5.31. The molecule has 31 heavy (non-hydrogen) atoms. The van der Waals surface area contributed by atoms with Gasteiger partial charge in [0.1, 0.15) is 11.8 Å². The van der Waals surface area contributed by atoms with E-state index in [2.05, 4.69) is 19.2 Å². The van der Waals surface area contributed by atoms with Gasteiger partial charge in [0.2, 0.25) is 5.91 Å². The van der Waals surface area contributed by atoms with Gasteiger partial charge in [0.25, 0.3) is 5.91 Å². The van der Waals surface area contributed by atoms with Crippen molar-refractivity contribution in [1.29, 1.82) is 0 Å². The largest absolute Gasteiger partial charge is 0.483 e. The first-order valence-corrected chi connectivity index (χ1v) is 11.3. The molecular formula is C26H36N2O3. The van der Waals surface area contributed by atoms with Gasteiger partial charge in [-0.25, -0.2) is 0 Å². The molecule has 2 aromatic rings. The maximum atomic E-state index is 13.2. The third kappa shape index (κ3) is 7.42. The third-order valence-corrected chi connectivity index (χ3v) is 5.31. The maximum absolute atomic E-state index is 13.2. The Bertz CT molecular complexity index is 820. The standard InChI is InChI=1S/C26H36N2O3/c1-5-17-27-26(30)23(6-2)28(18-16-21-12-8-7-9-13-21)25(29)19-31-24-15-11-10-14-22(24)20(3)4/h7-15,20,23H,5-6,16-19H2,1-4H3,(H,27,30). The summed E-state index contributed by atoms with van der Waals surface area (Å²) in [5, 5.41) is 2.94. The van der Waals surface area contributed by atoms with Crippen molar-refractivity contribution in [2.75, 3.05) is 19.7 Å². The molecule has 5 heteroatoms. The van der Waals surface area contributed by atoms with Gasteiger partial charge < -0.3 is 15.0 Å². The highest BCUT2D eigenvalue weighted by Gasteiger charge is 2.28. The minimum Gasteiger partial charge on any atom is -0.483 e. The summed E-state index contributed by atoms with van der Waals surface area (Å²) < 4.78 is 5.93. The second-order valence-electron chi connectivity index (χ2n) is 8.02. The predicted octanol–water partition coefficient (Wildman–Crippen LogP) is 4.56. The van der Waals surface area contributed by atoms with Crippen molar-refractivity contribution in [3.05, 3.63) is 65.7 Å². The van der Waals surface area contributed by atoms with Crippen molar-refractivity contribution in [3.63, 3.8) is 0 Å². The van der Waals surface area contributed by atoms with Crippen molar-refractivity contribution < 1.29 is 14.3 Å². The molecule has 5 nitrogen and oxygen atoms in total. The number of nitrogens with one attached hydrogen (secondary N) is 1. The van der Waals surface area contributed by atoms with Gasteiger partial charge in [0.15, 0.2) is 6.61 Å². The van der Waals surface area contributed by atoms with E-state index in [1.54, 1.807) is 4.90 Å². The fourth-order valence-electron chi connectivity index (χ4n) is 3.57. The van der Waals surface area contributed by atoms with Gasteiger partial charge in [-0.15, -0.1) is 0 Å². The number of rotatable bonds is 12. The van der Waals surface area contributed by atoms with E-state index in [4.69, 9.17) is 4.74 Å². The van der Waals surface area contributed by atoms with Crippen LogP contribution in [0.1, 0.15) is 57.6 Å². The van der Waals surface area contributed by atoms with E-state index < -0.39 is 6.04 Å². The molecule has 0 aliphatic heterocycles. The van der Waals surface area contributed by atoms with Gasteiger partial charge in [-0.1, -0.05) is 76.2 Å². The van der Waals surface area contributed by atoms with E-state index in [0.29, 0.717) is 31.8 Å². The molecule has 2 rings (SSSR count). The van der Waals surface area contributed by atoms with Crippen molar-refractivity contribution >= 4 is 11.8 Å². The average Bonchev–Trinajstić information content (AvgIpc) is 2.79. The lowest BCUT2D eigenvalue weighted by Crippen LogP contribution is -2.51. The SMILES string of the molecule is CCCNC(=O)C(CC)N(CCc1ccccc1)C(=O)COc1ccccc1C(C)C. The molecular weight excluding hydrogens is 388 g/mol. The lowest BCUT2D eigenvalue weighted by molar-refractivity contribution is -0.142. The molecule has 0 bridgehead atoms. The van der Waals surface area contributed by atoms with Crippen LogP contribution in [0.5, 0.6) is 5.75 Å². The molecule has 0 radical (unpaired) electrons. The molecule has 0 fully saturated rings. The second kappa shape index (κ2) is 12.8. The minimum absolute atomic E-state index is 0.0872. The molecule has 2 amide bonds. The van der Waals surface area contributed by atoms with Crippen LogP contribution in [-0.4, -0.2) is 42.5 Å². The Kier molecular flexibility index (Phi) is 10.1. The van der Waals surface area contributed by atoms with E-state index in [0.717, 1.165) is 23.3 Å². The quantitative estimate of drug-likeness (QED) is 0.543. The van der Waals surface area contributed by atoms with Crippen molar-refractivity contribution in [2.45, 2.75) is 58.9 Å². The number of hydrogen-bond acceptors (Lipinski definition) is 3. The van der Waals surface area contributed by atoms with Gasteiger partial charge in [-0.3, -0.25) is 9.59 Å². The van der Waals surface area contributed by atoms with Crippen LogP contribution in [0.3, 0.4) is 0 Å². The Morgan fingerprint density at radius 1 is 1.00 bits per heavy atom. The Morgan fingerprint density at radius 3 is 2.32 bits per heavy atom. The van der Waals surface area contributed by atoms with Crippen LogP contribution in [0.25, 0.3) is 0 Å². The molecule has 0 aliphatic carbocycles. The van der Waals surface area contributed by atoms with Crippen molar-refractivity contribution in [1.82, 2.24) is 10.2 Å². The topological polar surface area (TPSA) is 58.6 Å². The van der Waals surface area contributed by atoms with Gasteiger partial charge in [-0.2, -0.15) is 0 Å². The van der Waals surface area contributed by atoms with Gasteiger partial charge in [0, 0.05) is 13.1 Å². The van der Waals surface area contributed by atoms with E-state index in [9.17, 15) is 9.59 Å². The molecule has 0 saturated carbocycles. The van der Waals surface area contributed by atoms with Gasteiger partial charge in [0.05, 0.1) is 0 Å². The summed E-state index contributed by atoms with van der Waals surface area (Å²) in [6.45, 7) is 9.14. The zero-order chi connectivity index (χ0) is 22.6. The van der Waals surface area contributed by atoms with Crippen LogP contribution in [0.15, 0.2) is 54.6 Å². The van der Waals surface area contributed by atoms with Crippen LogP contribution in [0, 0.1) is 0 Å². The summed E-state index contributed by atoms with van der Waals surface area (Å²) in [5.74, 6) is 0.738. The number of benzene rings is 2. The number of carbonyl (C=O) groups excluding carboxylic acids is 2. The van der Waals surface area contributed by atoms with Gasteiger partial charge >= 0.3 is 0 Å². The number of hydrogen-bond donors (Lipinski definition) is 1. The lowest BCUT2D eigenvalue weighted by Gasteiger charge is -2.30. The van der Waals surface area contributed by atoms with Crippen molar-refractivity contribution in [3.8, 4) is 5.75 Å². The summed E-state index contributed by atoms with van der Waals surface area (Å²) >= 11 is 0. The summed E-state index contributed by atoms with van der Waals surface area (Å²) in [6, 6.07) is 17.3. The molecule has 1 atom stereocenters. The summed E-state index contributed by atoms with van der Waals surface area (Å²) in [5.41, 5.74) is 2.20. The molecule has 0 aromatic heterocycles. The number of carbonyl (C=O) groups is 2. The number of para-hydroxylation sites is 1. The summed E-state index contributed by atoms with van der Waals surface area (Å²) in [6.07, 6.45) is 2.10. The monoisotopic (exact) mass is 424 g/mol. The average molecular weight is 425 g/mol. The molecule has 0 spiro atoms. The first kappa shape index (κ1) is 24.4. The normalized spacial score (nSPS) is 11.8. The fourth-order valence-corrected chi connectivity index (χ4v) is 3.57. The molecule has 168 valence electrons. The van der Waals surface area contributed by atoms with E-state index in [1.165, 1.54) is 0 Å². The molecule has 1 unspecified atom stereocenters. The highest BCUT2D eigenvalue weighted by atomic mass is 16.5. The predicted molar refractivity (Wildman–Crippen MR) is 125 cm³/mol. The number of amides is 2. The number of ether oxygens (including phenoxy) is 1. The maximum Gasteiger partial charge on any atom is 0.261 e. The first-order valence-electron chi connectivity index (χ1n) is 11.3. The van der Waals surface area contributed by atoms with Gasteiger partial charge in [-0.05, 0) is 42.4 Å². The highest BCUT2D eigenvalue weighted by Crippen LogP contribution is 2.26. The smallest absolute Gasteiger partial charge is 0.261 e. The van der Waals surface area contributed by atoms with Crippen LogP contribution in [0.2, 0.25) is 0 Å². The first-order chi connectivity index (χ1) is 15.0. The molecule has 1 N–H and O–H groups in total. The van der Waals surface area contributed by atoms with E-state index in [1.807, 2.05) is 68.4 Å². The molecule has 0 heterocycles. The van der Waals surface area contributed by atoms with E-state index in [-0.39, 0.29) is 18.4 Å². The van der Waals surface area contributed by atoms with Crippen LogP contribution in [0.4, 0.5) is 0 Å². The van der Waals surface area contributed by atoms with Crippen LogP contribution >= 0.6 is 0 Å².